The van der Waals surface area contributed by atoms with E-state index in [-0.39, 0.29) is 5.92 Å². The first-order valence-corrected chi connectivity index (χ1v) is 8.35. The van der Waals surface area contributed by atoms with Crippen LogP contribution in [0.3, 0.4) is 0 Å². The lowest BCUT2D eigenvalue weighted by Crippen LogP contribution is -2.07. The van der Waals surface area contributed by atoms with Gasteiger partial charge in [0.25, 0.3) is 0 Å². The Morgan fingerprint density at radius 2 is 1.92 bits per heavy atom. The van der Waals surface area contributed by atoms with Crippen LogP contribution in [0.1, 0.15) is 31.3 Å². The van der Waals surface area contributed by atoms with Crippen molar-refractivity contribution in [3.8, 4) is 11.1 Å². The van der Waals surface area contributed by atoms with E-state index in [9.17, 15) is 0 Å². The van der Waals surface area contributed by atoms with Gasteiger partial charge < -0.3 is 5.32 Å². The van der Waals surface area contributed by atoms with Gasteiger partial charge in [-0.2, -0.15) is 5.10 Å². The lowest BCUT2D eigenvalue weighted by molar-refractivity contribution is 0.766. The standard InChI is InChI=1S/C19H20N6/c1-12(2)18-22-13(3)17-15(14-7-5-4-6-8-14)11-20-19(25(17)18)23-16-9-10-21-24-16/h4-12H,1-3H3,(H2,20,21,23,24). The topological polar surface area (TPSA) is 70.9 Å². The Kier molecular flexibility index (Phi) is 3.72. The Morgan fingerprint density at radius 3 is 2.60 bits per heavy atom. The van der Waals surface area contributed by atoms with Crippen LogP contribution in [0.25, 0.3) is 16.6 Å². The minimum Gasteiger partial charge on any atom is -0.310 e. The average molecular weight is 332 g/mol. The highest BCUT2D eigenvalue weighted by atomic mass is 15.3. The SMILES string of the molecule is Cc1nc(C(C)C)n2c(Nc3ccn[nH]3)ncc(-c3ccccc3)c12. The summed E-state index contributed by atoms with van der Waals surface area (Å²) in [6.07, 6.45) is 3.61. The van der Waals surface area contributed by atoms with Crippen LogP contribution in [0, 0.1) is 6.92 Å². The molecule has 0 fully saturated rings. The molecule has 0 aliphatic heterocycles. The molecule has 2 N–H and O–H groups in total. The maximum Gasteiger partial charge on any atom is 0.214 e. The van der Waals surface area contributed by atoms with Crippen molar-refractivity contribution in [2.45, 2.75) is 26.7 Å². The van der Waals surface area contributed by atoms with E-state index in [1.54, 1.807) is 6.20 Å². The summed E-state index contributed by atoms with van der Waals surface area (Å²) in [4.78, 5) is 9.50. The molecular formula is C19H20N6. The molecule has 0 saturated carbocycles. The van der Waals surface area contributed by atoms with Crippen molar-refractivity contribution in [2.75, 3.05) is 5.32 Å². The number of imidazole rings is 1. The lowest BCUT2D eigenvalue weighted by Gasteiger charge is -2.13. The first kappa shape index (κ1) is 15.4. The highest BCUT2D eigenvalue weighted by Gasteiger charge is 2.19. The maximum absolute atomic E-state index is 4.82. The summed E-state index contributed by atoms with van der Waals surface area (Å²) in [5.74, 6) is 2.78. The molecule has 1 aromatic carbocycles. The van der Waals surface area contributed by atoms with E-state index in [0.717, 1.165) is 39.9 Å². The molecule has 0 bridgehead atoms. The number of hydrogen-bond acceptors (Lipinski definition) is 4. The van der Waals surface area contributed by atoms with Crippen LogP contribution in [0.5, 0.6) is 0 Å². The molecule has 3 aromatic heterocycles. The third kappa shape index (κ3) is 2.65. The molecule has 3 heterocycles. The van der Waals surface area contributed by atoms with Gasteiger partial charge in [-0.15, -0.1) is 0 Å². The van der Waals surface area contributed by atoms with E-state index in [1.807, 2.05) is 37.4 Å². The predicted molar refractivity (Wildman–Crippen MR) is 99.1 cm³/mol. The molecule has 0 unspecified atom stereocenters. The number of nitrogens with zero attached hydrogens (tertiary/aromatic N) is 4. The molecular weight excluding hydrogens is 312 g/mol. The van der Waals surface area contributed by atoms with E-state index >= 15 is 0 Å². The van der Waals surface area contributed by atoms with Gasteiger partial charge in [-0.1, -0.05) is 44.2 Å². The number of anilines is 2. The van der Waals surface area contributed by atoms with Gasteiger partial charge in [0.15, 0.2) is 0 Å². The van der Waals surface area contributed by atoms with Crippen LogP contribution in [0.2, 0.25) is 0 Å². The summed E-state index contributed by atoms with van der Waals surface area (Å²) >= 11 is 0. The van der Waals surface area contributed by atoms with E-state index < -0.39 is 0 Å². The van der Waals surface area contributed by atoms with Crippen molar-refractivity contribution in [1.29, 1.82) is 0 Å². The Balaban J connectivity index is 1.99. The summed E-state index contributed by atoms with van der Waals surface area (Å²) in [7, 11) is 0. The zero-order chi connectivity index (χ0) is 17.4. The Bertz CT molecular complexity index is 1000. The second kappa shape index (κ2) is 6.05. The molecule has 4 rings (SSSR count). The summed E-state index contributed by atoms with van der Waals surface area (Å²) in [5.41, 5.74) is 4.28. The predicted octanol–water partition coefficient (Wildman–Crippen LogP) is 4.29. The largest absolute Gasteiger partial charge is 0.310 e. The number of rotatable bonds is 4. The Morgan fingerprint density at radius 1 is 1.12 bits per heavy atom. The van der Waals surface area contributed by atoms with Crippen LogP contribution >= 0.6 is 0 Å². The summed E-state index contributed by atoms with van der Waals surface area (Å²) in [5, 5.41) is 10.2. The number of aromatic nitrogens is 5. The first-order valence-electron chi connectivity index (χ1n) is 8.35. The minimum absolute atomic E-state index is 0.274. The molecule has 0 saturated heterocycles. The number of aromatic amines is 1. The van der Waals surface area contributed by atoms with Gasteiger partial charge >= 0.3 is 0 Å². The van der Waals surface area contributed by atoms with Gasteiger partial charge in [0, 0.05) is 23.7 Å². The van der Waals surface area contributed by atoms with E-state index in [0.29, 0.717) is 0 Å². The highest BCUT2D eigenvalue weighted by Crippen LogP contribution is 2.31. The van der Waals surface area contributed by atoms with Crippen molar-refractivity contribution in [3.05, 3.63) is 60.3 Å². The Labute approximate surface area is 146 Å². The van der Waals surface area contributed by atoms with Gasteiger partial charge in [-0.25, -0.2) is 9.97 Å². The number of benzene rings is 1. The quantitative estimate of drug-likeness (QED) is 0.585. The number of hydrogen-bond donors (Lipinski definition) is 2. The van der Waals surface area contributed by atoms with Crippen LogP contribution in [-0.4, -0.2) is 24.6 Å². The molecule has 0 aliphatic carbocycles. The third-order valence-electron chi connectivity index (χ3n) is 4.21. The molecule has 25 heavy (non-hydrogen) atoms. The second-order valence-electron chi connectivity index (χ2n) is 6.35. The van der Waals surface area contributed by atoms with Gasteiger partial charge in [0.2, 0.25) is 5.95 Å². The Hall–Kier alpha value is -3.15. The number of nitrogens with one attached hydrogen (secondary N) is 2. The van der Waals surface area contributed by atoms with Crippen LogP contribution in [0.4, 0.5) is 11.8 Å². The minimum atomic E-state index is 0.274. The van der Waals surface area contributed by atoms with Crippen molar-refractivity contribution in [2.24, 2.45) is 0 Å². The van der Waals surface area contributed by atoms with Crippen molar-refractivity contribution in [1.82, 2.24) is 24.6 Å². The molecule has 0 spiro atoms. The number of aryl methyl sites for hydroxylation is 1. The van der Waals surface area contributed by atoms with Gasteiger partial charge in [0.05, 0.1) is 17.4 Å². The molecule has 0 atom stereocenters. The van der Waals surface area contributed by atoms with Crippen molar-refractivity contribution >= 4 is 17.3 Å². The first-order chi connectivity index (χ1) is 12.1. The molecule has 6 heteroatoms. The zero-order valence-electron chi connectivity index (χ0n) is 14.5. The molecule has 4 aromatic rings. The lowest BCUT2D eigenvalue weighted by atomic mass is 10.1. The molecule has 6 nitrogen and oxygen atoms in total. The normalized spacial score (nSPS) is 11.4. The molecule has 0 aliphatic rings. The van der Waals surface area contributed by atoms with E-state index in [4.69, 9.17) is 4.98 Å². The highest BCUT2D eigenvalue weighted by molar-refractivity contribution is 5.83. The van der Waals surface area contributed by atoms with E-state index in [1.165, 1.54) is 0 Å². The van der Waals surface area contributed by atoms with Gasteiger partial charge in [-0.05, 0) is 12.5 Å². The molecule has 0 amide bonds. The van der Waals surface area contributed by atoms with Crippen molar-refractivity contribution in [3.63, 3.8) is 0 Å². The zero-order valence-corrected chi connectivity index (χ0v) is 14.5. The van der Waals surface area contributed by atoms with Crippen molar-refractivity contribution < 1.29 is 0 Å². The summed E-state index contributed by atoms with van der Waals surface area (Å²) in [6, 6.07) is 12.2. The fourth-order valence-corrected chi connectivity index (χ4v) is 3.08. The van der Waals surface area contributed by atoms with Gasteiger partial charge in [-0.3, -0.25) is 9.50 Å². The van der Waals surface area contributed by atoms with Gasteiger partial charge in [0.1, 0.15) is 11.6 Å². The molecule has 0 radical (unpaired) electrons. The van der Waals surface area contributed by atoms with E-state index in [2.05, 4.69) is 50.9 Å². The molecule has 126 valence electrons. The monoisotopic (exact) mass is 332 g/mol. The average Bonchev–Trinajstić information content (AvgIpc) is 3.24. The smallest absolute Gasteiger partial charge is 0.214 e. The fraction of sp³-hybridized carbons (Fsp3) is 0.211. The number of H-pyrrole nitrogens is 1. The summed E-state index contributed by atoms with van der Waals surface area (Å²) in [6.45, 7) is 6.33. The summed E-state index contributed by atoms with van der Waals surface area (Å²) < 4.78 is 2.11. The number of fused-ring (bicyclic) bond motifs is 1. The maximum atomic E-state index is 4.82. The van der Waals surface area contributed by atoms with Crippen LogP contribution in [-0.2, 0) is 0 Å². The fourth-order valence-electron chi connectivity index (χ4n) is 3.08. The van der Waals surface area contributed by atoms with Crippen LogP contribution < -0.4 is 5.32 Å². The van der Waals surface area contributed by atoms with Crippen LogP contribution in [0.15, 0.2) is 48.8 Å². The second-order valence-corrected chi connectivity index (χ2v) is 6.35. The third-order valence-corrected chi connectivity index (χ3v) is 4.21.